The maximum absolute atomic E-state index is 13.5. The van der Waals surface area contributed by atoms with Gasteiger partial charge in [-0.25, -0.2) is 4.79 Å². The van der Waals surface area contributed by atoms with Crippen molar-refractivity contribution in [1.82, 2.24) is 15.5 Å². The van der Waals surface area contributed by atoms with Gasteiger partial charge in [-0.3, -0.25) is 19.4 Å². The summed E-state index contributed by atoms with van der Waals surface area (Å²) < 4.78 is 0. The Kier molecular flexibility index (Phi) is 12.0. The molecule has 3 amide bonds. The number of nitrogens with zero attached hydrogens (tertiary/aromatic N) is 2. The van der Waals surface area contributed by atoms with Gasteiger partial charge in [0.1, 0.15) is 18.1 Å². The maximum atomic E-state index is 13.5. The van der Waals surface area contributed by atoms with E-state index >= 15 is 0 Å². The normalized spacial score (nSPS) is 17.4. The number of guanidine groups is 1. The second-order valence-corrected chi connectivity index (χ2v) is 10.0. The number of aliphatic carboxylic acids is 1. The van der Waals surface area contributed by atoms with Gasteiger partial charge in [-0.1, -0.05) is 44.2 Å². The van der Waals surface area contributed by atoms with E-state index < -0.39 is 42.0 Å². The fourth-order valence-corrected chi connectivity index (χ4v) is 4.46. The predicted molar refractivity (Wildman–Crippen MR) is 144 cm³/mol. The summed E-state index contributed by atoms with van der Waals surface area (Å²) in [7, 11) is 0. The number of likely N-dealkylation sites (tertiary alicyclic amines) is 1. The van der Waals surface area contributed by atoms with Crippen LogP contribution in [0.2, 0.25) is 0 Å². The van der Waals surface area contributed by atoms with Crippen LogP contribution < -0.4 is 27.8 Å². The van der Waals surface area contributed by atoms with Crippen molar-refractivity contribution in [1.29, 1.82) is 0 Å². The van der Waals surface area contributed by atoms with Gasteiger partial charge in [0.25, 0.3) is 0 Å². The van der Waals surface area contributed by atoms with Crippen LogP contribution in [0.25, 0.3) is 0 Å². The molecule has 38 heavy (non-hydrogen) atoms. The van der Waals surface area contributed by atoms with Gasteiger partial charge < -0.3 is 37.8 Å². The molecule has 210 valence electrons. The highest BCUT2D eigenvalue weighted by molar-refractivity contribution is 5.94. The van der Waals surface area contributed by atoms with Crippen LogP contribution in [0, 0.1) is 5.92 Å². The summed E-state index contributed by atoms with van der Waals surface area (Å²) in [5.74, 6) is -2.55. The second kappa shape index (κ2) is 14.9. The van der Waals surface area contributed by atoms with Gasteiger partial charge in [0.05, 0.1) is 6.04 Å². The molecule has 2 rings (SSSR count). The van der Waals surface area contributed by atoms with E-state index in [-0.39, 0.29) is 30.8 Å². The molecule has 0 spiro atoms. The van der Waals surface area contributed by atoms with E-state index in [4.69, 9.17) is 17.2 Å². The zero-order valence-electron chi connectivity index (χ0n) is 22.1. The Bertz CT molecular complexity index is 981. The minimum absolute atomic E-state index is 0.0890. The Morgan fingerprint density at radius 2 is 1.79 bits per heavy atom. The van der Waals surface area contributed by atoms with Crippen molar-refractivity contribution in [2.24, 2.45) is 28.1 Å². The van der Waals surface area contributed by atoms with Gasteiger partial charge in [-0.05, 0) is 50.0 Å². The molecule has 1 aromatic carbocycles. The highest BCUT2D eigenvalue weighted by Crippen LogP contribution is 2.21. The molecular weight excluding hydrogens is 490 g/mol. The number of carboxylic acid groups (broad SMARTS) is 1. The molecule has 1 heterocycles. The molecule has 12 heteroatoms. The fraction of sp³-hybridized carbons (Fsp3) is 0.577. The topological polar surface area (TPSA) is 206 Å². The summed E-state index contributed by atoms with van der Waals surface area (Å²) in [6.07, 6.45) is 2.16. The number of aliphatic imine (C=N–C) groups is 1. The van der Waals surface area contributed by atoms with Gasteiger partial charge in [0, 0.05) is 13.1 Å². The molecule has 1 saturated heterocycles. The van der Waals surface area contributed by atoms with Crippen molar-refractivity contribution >= 4 is 29.7 Å². The smallest absolute Gasteiger partial charge is 0.326 e. The Hall–Kier alpha value is -3.67. The average molecular weight is 532 g/mol. The van der Waals surface area contributed by atoms with Crippen LogP contribution in [0.4, 0.5) is 0 Å². The summed E-state index contributed by atoms with van der Waals surface area (Å²) in [5.41, 5.74) is 17.6. The number of carbonyl (C=O) groups is 4. The van der Waals surface area contributed by atoms with Crippen LogP contribution in [0.3, 0.4) is 0 Å². The fourth-order valence-electron chi connectivity index (χ4n) is 4.46. The first-order chi connectivity index (χ1) is 18.0. The van der Waals surface area contributed by atoms with Gasteiger partial charge in [-0.15, -0.1) is 0 Å². The summed E-state index contributed by atoms with van der Waals surface area (Å²) >= 11 is 0. The molecule has 1 fully saturated rings. The van der Waals surface area contributed by atoms with E-state index in [0.29, 0.717) is 38.6 Å². The third-order valence-corrected chi connectivity index (χ3v) is 6.36. The third kappa shape index (κ3) is 9.66. The van der Waals surface area contributed by atoms with Crippen molar-refractivity contribution < 1.29 is 24.3 Å². The number of amides is 3. The monoisotopic (exact) mass is 531 g/mol. The van der Waals surface area contributed by atoms with Crippen molar-refractivity contribution in [2.45, 2.75) is 76.5 Å². The lowest BCUT2D eigenvalue weighted by Crippen LogP contribution is -2.57. The largest absolute Gasteiger partial charge is 0.480 e. The van der Waals surface area contributed by atoms with E-state index in [1.165, 1.54) is 4.90 Å². The van der Waals surface area contributed by atoms with Crippen LogP contribution in [-0.2, 0) is 25.6 Å². The summed E-state index contributed by atoms with van der Waals surface area (Å²) in [4.78, 5) is 56.4. The molecule has 0 aromatic heterocycles. The first-order valence-corrected chi connectivity index (χ1v) is 13.0. The molecule has 1 aliphatic rings. The van der Waals surface area contributed by atoms with Crippen LogP contribution in [0.5, 0.6) is 0 Å². The lowest BCUT2D eigenvalue weighted by Gasteiger charge is -2.30. The Labute approximate surface area is 223 Å². The molecule has 1 aliphatic heterocycles. The van der Waals surface area contributed by atoms with Crippen LogP contribution in [0.1, 0.15) is 51.5 Å². The summed E-state index contributed by atoms with van der Waals surface area (Å²) in [5, 5.41) is 14.9. The molecule has 12 nitrogen and oxygen atoms in total. The third-order valence-electron chi connectivity index (χ3n) is 6.36. The summed E-state index contributed by atoms with van der Waals surface area (Å²) in [6.45, 7) is 4.44. The highest BCUT2D eigenvalue weighted by Gasteiger charge is 2.39. The van der Waals surface area contributed by atoms with E-state index in [1.54, 1.807) is 0 Å². The lowest BCUT2D eigenvalue weighted by molar-refractivity contribution is -0.145. The molecular formula is C26H41N7O5. The minimum atomic E-state index is -1.18. The Balaban J connectivity index is 2.06. The predicted octanol–water partition coefficient (Wildman–Crippen LogP) is -0.299. The van der Waals surface area contributed by atoms with Crippen LogP contribution in [-0.4, -0.2) is 76.9 Å². The van der Waals surface area contributed by atoms with Crippen LogP contribution >= 0.6 is 0 Å². The zero-order valence-corrected chi connectivity index (χ0v) is 22.1. The molecule has 1 aromatic rings. The number of benzene rings is 1. The molecule has 0 radical (unpaired) electrons. The molecule has 0 aliphatic carbocycles. The first kappa shape index (κ1) is 30.6. The number of hydrogen-bond donors (Lipinski definition) is 6. The molecule has 4 unspecified atom stereocenters. The molecule has 0 bridgehead atoms. The Morgan fingerprint density at radius 1 is 1.11 bits per heavy atom. The van der Waals surface area contributed by atoms with Gasteiger partial charge >= 0.3 is 5.97 Å². The van der Waals surface area contributed by atoms with Gasteiger partial charge in [0.2, 0.25) is 17.7 Å². The number of nitrogens with two attached hydrogens (primary N) is 3. The Morgan fingerprint density at radius 3 is 2.39 bits per heavy atom. The SMILES string of the molecule is CC(C)CC(NC(=O)C(N)Cc1ccccc1)C(=O)N1CCCC1C(=O)NC(CCCN=C(N)N)C(=O)O. The minimum Gasteiger partial charge on any atom is -0.480 e. The van der Waals surface area contributed by atoms with E-state index in [2.05, 4.69) is 15.6 Å². The van der Waals surface area contributed by atoms with Crippen molar-refractivity contribution in [2.75, 3.05) is 13.1 Å². The molecule has 4 atom stereocenters. The van der Waals surface area contributed by atoms with Crippen LogP contribution in [0.15, 0.2) is 35.3 Å². The van der Waals surface area contributed by atoms with E-state index in [0.717, 1.165) is 5.56 Å². The average Bonchev–Trinajstić information content (AvgIpc) is 3.35. The molecule has 9 N–H and O–H groups in total. The maximum Gasteiger partial charge on any atom is 0.326 e. The van der Waals surface area contributed by atoms with E-state index in [1.807, 2.05) is 44.2 Å². The van der Waals surface area contributed by atoms with Gasteiger partial charge in [-0.2, -0.15) is 0 Å². The van der Waals surface area contributed by atoms with Gasteiger partial charge in [0.15, 0.2) is 5.96 Å². The van der Waals surface area contributed by atoms with Crippen molar-refractivity contribution in [3.8, 4) is 0 Å². The quantitative estimate of drug-likeness (QED) is 0.106. The van der Waals surface area contributed by atoms with E-state index in [9.17, 15) is 24.3 Å². The molecule has 0 saturated carbocycles. The first-order valence-electron chi connectivity index (χ1n) is 13.0. The number of rotatable bonds is 14. The number of nitrogens with one attached hydrogen (secondary N) is 2. The lowest BCUT2D eigenvalue weighted by atomic mass is 10.0. The second-order valence-electron chi connectivity index (χ2n) is 10.0. The number of hydrogen-bond acceptors (Lipinski definition) is 6. The highest BCUT2D eigenvalue weighted by atomic mass is 16.4. The standard InChI is InChI=1S/C26H41N7O5/c1-16(2)14-20(32-22(34)18(27)15-17-8-4-3-5-9-17)24(36)33-13-7-11-21(33)23(35)31-19(25(37)38)10-6-12-30-26(28)29/h3-5,8-9,16,18-21H,6-7,10-15,27H2,1-2H3,(H,31,35)(H,32,34)(H,37,38)(H4,28,29,30). The number of carboxylic acids is 1. The zero-order chi connectivity index (χ0) is 28.2. The van der Waals surface area contributed by atoms with Crippen molar-refractivity contribution in [3.05, 3.63) is 35.9 Å². The summed E-state index contributed by atoms with van der Waals surface area (Å²) in [6, 6.07) is 5.69. The number of carbonyl (C=O) groups excluding carboxylic acids is 3. The van der Waals surface area contributed by atoms with Crippen molar-refractivity contribution in [3.63, 3.8) is 0 Å².